The van der Waals surface area contributed by atoms with E-state index in [4.69, 9.17) is 0 Å². The van der Waals surface area contributed by atoms with Crippen molar-refractivity contribution in [2.75, 3.05) is 0 Å². The molecule has 3 aromatic rings. The van der Waals surface area contributed by atoms with Gasteiger partial charge in [0.15, 0.2) is 0 Å². The molecule has 0 fully saturated rings. The zero-order valence-corrected chi connectivity index (χ0v) is 12.5. The molecule has 0 spiro atoms. The Balaban J connectivity index is 1.99. The molecule has 5 heteroatoms. The highest BCUT2D eigenvalue weighted by Crippen LogP contribution is 2.40. The first kappa shape index (κ1) is 14.1. The van der Waals surface area contributed by atoms with Crippen LogP contribution in [0.4, 0.5) is 11.4 Å². The molecule has 24 heavy (non-hydrogen) atoms. The van der Waals surface area contributed by atoms with Crippen LogP contribution in [0.2, 0.25) is 0 Å². The van der Waals surface area contributed by atoms with Gasteiger partial charge in [0.1, 0.15) is 11.4 Å². The first-order chi connectivity index (χ1) is 11.6. The zero-order chi connectivity index (χ0) is 16.7. The smallest absolute Gasteiger partial charge is 0.270 e. The summed E-state index contributed by atoms with van der Waals surface area (Å²) in [5.74, 6) is 0.0707. The number of benzene rings is 3. The number of phenolic OH excluding ortho intramolecular Hbond substituents is 1. The third-order valence-corrected chi connectivity index (χ3v) is 4.06. The maximum absolute atomic E-state index is 11.1. The molecule has 0 bridgehead atoms. The van der Waals surface area contributed by atoms with Crippen molar-refractivity contribution in [1.29, 1.82) is 0 Å². The molecule has 0 atom stereocenters. The van der Waals surface area contributed by atoms with Gasteiger partial charge in [0.05, 0.1) is 10.6 Å². The Morgan fingerprint density at radius 1 is 0.833 bits per heavy atom. The van der Waals surface area contributed by atoms with E-state index in [1.54, 1.807) is 30.3 Å². The second kappa shape index (κ2) is 5.31. The molecule has 1 aliphatic carbocycles. The van der Waals surface area contributed by atoms with Crippen LogP contribution in [-0.4, -0.2) is 15.7 Å². The van der Waals surface area contributed by atoms with Gasteiger partial charge >= 0.3 is 0 Å². The molecule has 0 radical (unpaired) electrons. The summed E-state index contributed by atoms with van der Waals surface area (Å²) in [5, 5.41) is 21.1. The molecular formula is C19H12N2O3. The van der Waals surface area contributed by atoms with Gasteiger partial charge in [0, 0.05) is 23.3 Å². The highest BCUT2D eigenvalue weighted by atomic mass is 16.6. The SMILES string of the molecule is O=[N+]([O-])c1ccc2c(c1)/C(=N/c1ccccc1O)c1ccccc1-2. The van der Waals surface area contributed by atoms with Crippen LogP contribution in [0.25, 0.3) is 11.1 Å². The number of nitro benzene ring substituents is 1. The van der Waals surface area contributed by atoms with Gasteiger partial charge in [0.2, 0.25) is 0 Å². The molecule has 4 rings (SSSR count). The summed E-state index contributed by atoms with van der Waals surface area (Å²) in [6.45, 7) is 0. The van der Waals surface area contributed by atoms with E-state index >= 15 is 0 Å². The third-order valence-electron chi connectivity index (χ3n) is 4.06. The Hall–Kier alpha value is -3.47. The lowest BCUT2D eigenvalue weighted by Crippen LogP contribution is -1.99. The third kappa shape index (κ3) is 2.14. The predicted molar refractivity (Wildman–Crippen MR) is 91.9 cm³/mol. The van der Waals surface area contributed by atoms with Crippen LogP contribution in [0.15, 0.2) is 71.7 Å². The van der Waals surface area contributed by atoms with Gasteiger partial charge in [-0.3, -0.25) is 10.1 Å². The highest BCUT2D eigenvalue weighted by Gasteiger charge is 2.26. The monoisotopic (exact) mass is 316 g/mol. The van der Waals surface area contributed by atoms with Crippen LogP contribution in [0.1, 0.15) is 11.1 Å². The summed E-state index contributed by atoms with van der Waals surface area (Å²) in [7, 11) is 0. The second-order valence-corrected chi connectivity index (χ2v) is 5.48. The van der Waals surface area contributed by atoms with Crippen molar-refractivity contribution in [1.82, 2.24) is 0 Å². The lowest BCUT2D eigenvalue weighted by Gasteiger charge is -2.04. The van der Waals surface area contributed by atoms with E-state index in [0.29, 0.717) is 17.0 Å². The summed E-state index contributed by atoms with van der Waals surface area (Å²) in [4.78, 5) is 15.3. The van der Waals surface area contributed by atoms with E-state index in [0.717, 1.165) is 16.7 Å². The number of hydrogen-bond donors (Lipinski definition) is 1. The lowest BCUT2D eigenvalue weighted by atomic mass is 10.1. The summed E-state index contributed by atoms with van der Waals surface area (Å²) < 4.78 is 0. The molecule has 0 saturated carbocycles. The number of non-ortho nitro benzene ring substituents is 1. The average molecular weight is 316 g/mol. The van der Waals surface area contributed by atoms with Crippen molar-refractivity contribution >= 4 is 17.1 Å². The van der Waals surface area contributed by atoms with Gasteiger partial charge in [-0.2, -0.15) is 0 Å². The number of fused-ring (bicyclic) bond motifs is 3. The van der Waals surface area contributed by atoms with Gasteiger partial charge in [-0.25, -0.2) is 4.99 Å². The Morgan fingerprint density at radius 3 is 2.25 bits per heavy atom. The molecule has 0 unspecified atom stereocenters. The second-order valence-electron chi connectivity index (χ2n) is 5.48. The van der Waals surface area contributed by atoms with Crippen molar-refractivity contribution < 1.29 is 10.0 Å². The number of phenols is 1. The number of nitrogens with zero attached hydrogens (tertiary/aromatic N) is 2. The van der Waals surface area contributed by atoms with E-state index < -0.39 is 4.92 Å². The molecule has 0 amide bonds. The number of aliphatic imine (C=N–C) groups is 1. The maximum atomic E-state index is 11.1. The topological polar surface area (TPSA) is 75.7 Å². The van der Waals surface area contributed by atoms with E-state index in [9.17, 15) is 15.2 Å². The molecule has 1 aliphatic rings. The predicted octanol–water partition coefficient (Wildman–Crippen LogP) is 4.45. The van der Waals surface area contributed by atoms with E-state index in [-0.39, 0.29) is 11.4 Å². The van der Waals surface area contributed by atoms with Crippen LogP contribution in [0, 0.1) is 10.1 Å². The maximum Gasteiger partial charge on any atom is 0.270 e. The Kier molecular flexibility index (Phi) is 3.13. The molecule has 0 saturated heterocycles. The summed E-state index contributed by atoms with van der Waals surface area (Å²) in [6.07, 6.45) is 0. The van der Waals surface area contributed by atoms with Crippen LogP contribution in [0.3, 0.4) is 0 Å². The van der Waals surface area contributed by atoms with Crippen LogP contribution in [0.5, 0.6) is 5.75 Å². The minimum atomic E-state index is -0.416. The molecule has 3 aromatic carbocycles. The van der Waals surface area contributed by atoms with Gasteiger partial charge in [-0.1, -0.05) is 36.4 Å². The molecule has 1 N–H and O–H groups in total. The van der Waals surface area contributed by atoms with Crippen molar-refractivity contribution in [3.8, 4) is 16.9 Å². The summed E-state index contributed by atoms with van der Waals surface area (Å²) >= 11 is 0. The normalized spacial score (nSPS) is 13.6. The number of nitro groups is 1. The molecule has 5 nitrogen and oxygen atoms in total. The number of rotatable bonds is 2. The van der Waals surface area contributed by atoms with E-state index in [2.05, 4.69) is 4.99 Å². The van der Waals surface area contributed by atoms with Gasteiger partial charge in [-0.15, -0.1) is 0 Å². The molecule has 116 valence electrons. The van der Waals surface area contributed by atoms with E-state index in [1.807, 2.05) is 24.3 Å². The minimum Gasteiger partial charge on any atom is -0.506 e. The molecule has 0 aliphatic heterocycles. The van der Waals surface area contributed by atoms with Crippen molar-refractivity contribution in [3.05, 3.63) is 88.0 Å². The number of para-hydroxylation sites is 2. The average Bonchev–Trinajstić information content (AvgIpc) is 2.90. The van der Waals surface area contributed by atoms with Gasteiger partial charge < -0.3 is 5.11 Å². The first-order valence-electron chi connectivity index (χ1n) is 7.40. The first-order valence-corrected chi connectivity index (χ1v) is 7.40. The van der Waals surface area contributed by atoms with Crippen molar-refractivity contribution in [3.63, 3.8) is 0 Å². The molecule has 0 heterocycles. The van der Waals surface area contributed by atoms with E-state index in [1.165, 1.54) is 12.1 Å². The van der Waals surface area contributed by atoms with Gasteiger partial charge in [0.25, 0.3) is 5.69 Å². The fourth-order valence-corrected chi connectivity index (χ4v) is 2.95. The minimum absolute atomic E-state index is 0.0199. The standard InChI is InChI=1S/C19H12N2O3/c22-18-8-4-3-7-17(18)20-19-15-6-2-1-5-13(15)14-10-9-12(21(23)24)11-16(14)19/h1-11,22H/b20-19+. The van der Waals surface area contributed by atoms with Crippen LogP contribution < -0.4 is 0 Å². The van der Waals surface area contributed by atoms with Gasteiger partial charge in [-0.05, 0) is 29.3 Å². The number of hydrogen-bond acceptors (Lipinski definition) is 4. The zero-order valence-electron chi connectivity index (χ0n) is 12.5. The quantitative estimate of drug-likeness (QED) is 0.438. The van der Waals surface area contributed by atoms with Crippen molar-refractivity contribution in [2.24, 2.45) is 4.99 Å². The Bertz CT molecular complexity index is 1010. The van der Waals surface area contributed by atoms with Crippen molar-refractivity contribution in [2.45, 2.75) is 0 Å². The largest absolute Gasteiger partial charge is 0.506 e. The Morgan fingerprint density at radius 2 is 1.50 bits per heavy atom. The summed E-state index contributed by atoms with van der Waals surface area (Å²) in [5.41, 5.74) is 4.57. The lowest BCUT2D eigenvalue weighted by molar-refractivity contribution is -0.384. The fraction of sp³-hybridized carbons (Fsp3) is 0. The fourth-order valence-electron chi connectivity index (χ4n) is 2.95. The molecular weight excluding hydrogens is 304 g/mol. The van der Waals surface area contributed by atoms with Crippen LogP contribution >= 0.6 is 0 Å². The number of aromatic hydroxyl groups is 1. The van der Waals surface area contributed by atoms with Crippen LogP contribution in [-0.2, 0) is 0 Å². The Labute approximate surface area is 137 Å². The summed E-state index contributed by atoms with van der Waals surface area (Å²) in [6, 6.07) is 19.3. The molecule has 0 aromatic heterocycles. The highest BCUT2D eigenvalue weighted by molar-refractivity contribution is 6.25.